The summed E-state index contributed by atoms with van der Waals surface area (Å²) in [6, 6.07) is 13.5. The van der Waals surface area contributed by atoms with Crippen LogP contribution in [0.15, 0.2) is 66.2 Å². The second kappa shape index (κ2) is 15.4. The molecule has 0 aliphatic carbocycles. The molecule has 2 amide bonds. The Labute approximate surface area is 219 Å². The number of allylic oxidation sites excluding steroid dienone is 4. The Morgan fingerprint density at radius 2 is 1.32 bits per heavy atom. The van der Waals surface area contributed by atoms with Gasteiger partial charge in [-0.15, -0.1) is 0 Å². The fourth-order valence-corrected chi connectivity index (χ4v) is 2.22. The molecule has 0 fully saturated rings. The average Bonchev–Trinajstić information content (AvgIpc) is 2.90. The van der Waals surface area contributed by atoms with Crippen LogP contribution in [-0.4, -0.2) is 29.1 Å². The third-order valence-electron chi connectivity index (χ3n) is 3.90. The minimum Gasteiger partial charge on any atom is -0.309 e. The molecule has 2 rings (SSSR count). The SMILES string of the molecule is N=C/C=C/N(/C=C/C=C/N=C/C=C/[N]C(=O)/C=C/c1[c][c]c([O])c([O])[c]1)C(=O)/C=C/c1[c][c]c([O])c([O])[c]1. The number of nitrogens with one attached hydrogen (secondary N) is 1. The van der Waals surface area contributed by atoms with Gasteiger partial charge in [-0.2, -0.15) is 0 Å². The topological polar surface area (TPSA) is 167 Å². The number of amides is 2. The molecule has 0 bridgehead atoms. The maximum atomic E-state index is 12.4. The second-order valence-corrected chi connectivity index (χ2v) is 6.60. The molecule has 2 aromatic carbocycles. The molecular weight excluding hydrogens is 488 g/mol. The zero-order valence-electron chi connectivity index (χ0n) is 19.4. The van der Waals surface area contributed by atoms with E-state index >= 15 is 0 Å². The lowest BCUT2D eigenvalue weighted by Gasteiger charge is -2.09. The van der Waals surface area contributed by atoms with E-state index in [1.807, 2.05) is 0 Å². The van der Waals surface area contributed by atoms with Gasteiger partial charge in [-0.3, -0.25) is 39.9 Å². The lowest BCUT2D eigenvalue weighted by atomic mass is 10.2. The van der Waals surface area contributed by atoms with Crippen molar-refractivity contribution in [3.8, 4) is 23.0 Å². The molecule has 10 nitrogen and oxygen atoms in total. The van der Waals surface area contributed by atoms with Crippen LogP contribution in [0.2, 0.25) is 0 Å². The Kier molecular flexibility index (Phi) is 11.6. The molecule has 0 spiro atoms. The maximum absolute atomic E-state index is 12.4. The van der Waals surface area contributed by atoms with Crippen molar-refractivity contribution in [2.45, 2.75) is 0 Å². The van der Waals surface area contributed by atoms with Crippen molar-refractivity contribution in [2.24, 2.45) is 4.99 Å². The first-order chi connectivity index (χ1) is 18.3. The summed E-state index contributed by atoms with van der Waals surface area (Å²) in [4.78, 5) is 29.1. The summed E-state index contributed by atoms with van der Waals surface area (Å²) in [5.41, 5.74) is 0.202. The monoisotopic (exact) mass is 503 g/mol. The molecule has 183 valence electrons. The van der Waals surface area contributed by atoms with Crippen molar-refractivity contribution < 1.29 is 30.0 Å². The summed E-state index contributed by atoms with van der Waals surface area (Å²) in [7, 11) is 0. The van der Waals surface area contributed by atoms with Gasteiger partial charge in [-0.1, -0.05) is 0 Å². The number of hydrogen-bond donors (Lipinski definition) is 1. The Hall–Kier alpha value is -5.64. The van der Waals surface area contributed by atoms with E-state index in [4.69, 9.17) is 5.41 Å². The normalized spacial score (nSPS) is 12.2. The number of aliphatic imine (C=N–C) groups is 1. The summed E-state index contributed by atoms with van der Waals surface area (Å²) in [5, 5.41) is 55.2. The molecule has 0 saturated carbocycles. The Balaban J connectivity index is 1.84. The maximum Gasteiger partial charge on any atom is 0.269 e. The fourth-order valence-electron chi connectivity index (χ4n) is 2.22. The van der Waals surface area contributed by atoms with Crippen LogP contribution < -0.4 is 5.32 Å². The van der Waals surface area contributed by atoms with Crippen LogP contribution in [-0.2, 0) is 30.0 Å². The lowest BCUT2D eigenvalue weighted by molar-refractivity contribution is -0.121. The predicted molar refractivity (Wildman–Crippen MR) is 132 cm³/mol. The first-order valence-electron chi connectivity index (χ1n) is 10.4. The van der Waals surface area contributed by atoms with Crippen molar-refractivity contribution in [1.82, 2.24) is 10.2 Å². The highest BCUT2D eigenvalue weighted by molar-refractivity contribution is 5.93. The zero-order chi connectivity index (χ0) is 27.8. The summed E-state index contributed by atoms with van der Waals surface area (Å²) in [6.45, 7) is 0. The molecule has 0 heterocycles. The van der Waals surface area contributed by atoms with Gasteiger partial charge in [0.25, 0.3) is 11.8 Å². The Bertz CT molecular complexity index is 1350. The van der Waals surface area contributed by atoms with E-state index in [9.17, 15) is 30.0 Å². The van der Waals surface area contributed by atoms with Crippen molar-refractivity contribution in [3.05, 3.63) is 109 Å². The molecule has 11 radical (unpaired) electrons. The van der Waals surface area contributed by atoms with Crippen LogP contribution in [0.3, 0.4) is 0 Å². The third-order valence-corrected chi connectivity index (χ3v) is 3.90. The highest BCUT2D eigenvalue weighted by Crippen LogP contribution is 2.25. The lowest BCUT2D eigenvalue weighted by Crippen LogP contribution is -2.17. The van der Waals surface area contributed by atoms with Crippen molar-refractivity contribution in [1.29, 1.82) is 5.41 Å². The third kappa shape index (κ3) is 10.3. The minimum absolute atomic E-state index is 0.0956. The number of hydrogen-bond acceptors (Lipinski definition) is 4. The number of benzene rings is 2. The number of carbonyl (C=O) groups excluding carboxylic acids is 2. The molecule has 0 atom stereocenters. The van der Waals surface area contributed by atoms with E-state index in [-0.39, 0.29) is 11.1 Å². The molecular formula is C28H15N4O6. The Morgan fingerprint density at radius 3 is 1.92 bits per heavy atom. The number of rotatable bonds is 11. The van der Waals surface area contributed by atoms with Gasteiger partial charge in [0, 0.05) is 85.8 Å². The van der Waals surface area contributed by atoms with Gasteiger partial charge < -0.3 is 5.41 Å². The summed E-state index contributed by atoms with van der Waals surface area (Å²) in [5.74, 6) is -4.63. The van der Waals surface area contributed by atoms with Crippen LogP contribution in [0.25, 0.3) is 12.2 Å². The van der Waals surface area contributed by atoms with Crippen LogP contribution >= 0.6 is 0 Å². The van der Waals surface area contributed by atoms with Gasteiger partial charge >= 0.3 is 0 Å². The molecule has 0 unspecified atom stereocenters. The van der Waals surface area contributed by atoms with E-state index < -0.39 is 34.8 Å². The second-order valence-electron chi connectivity index (χ2n) is 6.60. The summed E-state index contributed by atoms with van der Waals surface area (Å²) < 4.78 is 0. The van der Waals surface area contributed by atoms with E-state index in [1.165, 1.54) is 67.5 Å². The fraction of sp³-hybridized carbons (Fsp3) is 0. The molecule has 0 aliphatic heterocycles. The van der Waals surface area contributed by atoms with Crippen molar-refractivity contribution in [3.63, 3.8) is 0 Å². The minimum atomic E-state index is -0.881. The number of carbonyl (C=O) groups is 2. The highest BCUT2D eigenvalue weighted by Gasteiger charge is 2.07. The van der Waals surface area contributed by atoms with E-state index in [0.29, 0.717) is 0 Å². The number of nitrogens with zero attached hydrogens (tertiary/aromatic N) is 3. The molecule has 0 aromatic heterocycles. The van der Waals surface area contributed by atoms with Crippen molar-refractivity contribution in [2.75, 3.05) is 0 Å². The van der Waals surface area contributed by atoms with E-state index in [0.717, 1.165) is 23.3 Å². The van der Waals surface area contributed by atoms with E-state index in [1.54, 1.807) is 0 Å². The van der Waals surface area contributed by atoms with Gasteiger partial charge in [0.05, 0.1) is 0 Å². The van der Waals surface area contributed by atoms with Gasteiger partial charge in [-0.25, -0.2) is 5.32 Å². The molecule has 0 saturated heterocycles. The molecule has 10 heteroatoms. The molecule has 1 N–H and O–H groups in total. The van der Waals surface area contributed by atoms with Crippen LogP contribution in [0, 0.1) is 41.8 Å². The van der Waals surface area contributed by atoms with Crippen LogP contribution in [0.1, 0.15) is 11.1 Å². The first-order valence-corrected chi connectivity index (χ1v) is 10.4. The zero-order valence-corrected chi connectivity index (χ0v) is 19.4. The van der Waals surface area contributed by atoms with Crippen molar-refractivity contribution >= 4 is 36.4 Å². The predicted octanol–water partition coefficient (Wildman–Crippen LogP) is 4.52. The Morgan fingerprint density at radius 1 is 0.711 bits per heavy atom. The van der Waals surface area contributed by atoms with Gasteiger partial charge in [0.2, 0.25) is 23.0 Å². The standard InChI is InChI=1S/C28H15N4O6/c29-13-3-18-32(28(38)12-8-22-6-10-24(34)26(36)20-22)17-2-1-14-30-15-4-16-31-27(37)11-7-21-5-9-23(33)25(35)19-21/h1-4,7-8,11-18,29H/b11-7+,12-8+,14-1+,16-4+,17-2+,18-3+,29-13?,30-15+. The quantitative estimate of drug-likeness (QED) is 0.270. The largest absolute Gasteiger partial charge is 0.309 e. The smallest absolute Gasteiger partial charge is 0.269 e. The molecule has 38 heavy (non-hydrogen) atoms. The van der Waals surface area contributed by atoms with Gasteiger partial charge in [0.1, 0.15) is 0 Å². The molecule has 2 aromatic rings. The summed E-state index contributed by atoms with van der Waals surface area (Å²) >= 11 is 0. The van der Waals surface area contributed by atoms with Gasteiger partial charge in [-0.05, 0) is 47.6 Å². The van der Waals surface area contributed by atoms with Gasteiger partial charge in [0.15, 0.2) is 0 Å². The van der Waals surface area contributed by atoms with Crippen LogP contribution in [0.4, 0.5) is 0 Å². The summed E-state index contributed by atoms with van der Waals surface area (Å²) in [6.07, 6.45) is 18.0. The van der Waals surface area contributed by atoms with E-state index in [2.05, 4.69) is 46.7 Å². The molecule has 0 aliphatic rings. The first kappa shape index (κ1) is 28.6. The highest BCUT2D eigenvalue weighted by atomic mass is 16.3. The average molecular weight is 503 g/mol. The van der Waals surface area contributed by atoms with Crippen LogP contribution in [0.5, 0.6) is 23.0 Å².